The van der Waals surface area contributed by atoms with Gasteiger partial charge in [-0.3, -0.25) is 0 Å². The molecule has 0 spiro atoms. The lowest BCUT2D eigenvalue weighted by Crippen LogP contribution is -2.42. The fourth-order valence-electron chi connectivity index (χ4n) is 3.23. The minimum atomic E-state index is -0.392. The molecule has 2 atom stereocenters. The molecule has 2 aliphatic rings. The molecule has 2 rings (SSSR count). The Balaban J connectivity index is 1.72. The van der Waals surface area contributed by atoms with Gasteiger partial charge in [-0.2, -0.15) is 0 Å². The van der Waals surface area contributed by atoms with E-state index in [0.717, 1.165) is 50.2 Å². The van der Waals surface area contributed by atoms with Crippen molar-refractivity contribution < 1.29 is 9.53 Å². The number of hydrogen-bond acceptors (Lipinski definition) is 3. The van der Waals surface area contributed by atoms with E-state index in [9.17, 15) is 4.79 Å². The van der Waals surface area contributed by atoms with E-state index in [-0.39, 0.29) is 6.09 Å². The number of ether oxygens (including phenoxy) is 1. The summed E-state index contributed by atoms with van der Waals surface area (Å²) in [6, 6.07) is 0. The molecule has 0 aromatic rings. The molecule has 110 valence electrons. The normalized spacial score (nSPS) is 28.3. The van der Waals surface area contributed by atoms with Crippen molar-refractivity contribution in [2.24, 2.45) is 23.5 Å². The number of amides is 1. The van der Waals surface area contributed by atoms with Crippen molar-refractivity contribution >= 4 is 6.09 Å². The molecule has 0 aromatic carbocycles. The average molecular weight is 268 g/mol. The van der Waals surface area contributed by atoms with Gasteiger partial charge in [-0.1, -0.05) is 0 Å². The van der Waals surface area contributed by atoms with Gasteiger partial charge in [0, 0.05) is 13.1 Å². The Labute approximate surface area is 116 Å². The summed E-state index contributed by atoms with van der Waals surface area (Å²) in [6.07, 6.45) is 4.64. The minimum absolute atomic E-state index is 0.153. The molecule has 4 heteroatoms. The van der Waals surface area contributed by atoms with E-state index in [1.54, 1.807) is 0 Å². The second kappa shape index (κ2) is 5.70. The number of hydrogen-bond donors (Lipinski definition) is 1. The van der Waals surface area contributed by atoms with Gasteiger partial charge in [0.05, 0.1) is 0 Å². The summed E-state index contributed by atoms with van der Waals surface area (Å²) in [5.41, 5.74) is 5.22. The summed E-state index contributed by atoms with van der Waals surface area (Å²) in [4.78, 5) is 13.8. The van der Waals surface area contributed by atoms with Gasteiger partial charge < -0.3 is 15.4 Å². The van der Waals surface area contributed by atoms with Crippen LogP contribution in [0.4, 0.5) is 4.79 Å². The number of carbonyl (C=O) groups is 1. The third-order valence-corrected chi connectivity index (χ3v) is 4.31. The molecule has 1 saturated carbocycles. The van der Waals surface area contributed by atoms with E-state index in [2.05, 4.69) is 0 Å². The molecule has 0 radical (unpaired) electrons. The van der Waals surface area contributed by atoms with Crippen LogP contribution in [-0.4, -0.2) is 36.2 Å². The predicted octanol–water partition coefficient (Wildman–Crippen LogP) is 2.62. The monoisotopic (exact) mass is 268 g/mol. The largest absolute Gasteiger partial charge is 0.444 e. The number of carbonyl (C=O) groups excluding carboxylic acids is 1. The second-order valence-corrected chi connectivity index (χ2v) is 7.04. The smallest absolute Gasteiger partial charge is 0.410 e. The zero-order valence-corrected chi connectivity index (χ0v) is 12.5. The van der Waals surface area contributed by atoms with Crippen molar-refractivity contribution in [1.29, 1.82) is 0 Å². The van der Waals surface area contributed by atoms with Crippen LogP contribution < -0.4 is 5.73 Å². The molecule has 1 aliphatic heterocycles. The Bertz CT molecular complexity index is 317. The van der Waals surface area contributed by atoms with Gasteiger partial charge in [0.25, 0.3) is 0 Å². The maximum Gasteiger partial charge on any atom is 0.410 e. The zero-order valence-electron chi connectivity index (χ0n) is 12.5. The first-order valence-electron chi connectivity index (χ1n) is 7.58. The van der Waals surface area contributed by atoms with Gasteiger partial charge in [-0.25, -0.2) is 4.79 Å². The molecule has 1 amide bonds. The quantitative estimate of drug-likeness (QED) is 0.856. The van der Waals surface area contributed by atoms with E-state index in [4.69, 9.17) is 10.5 Å². The fourth-order valence-corrected chi connectivity index (χ4v) is 3.23. The van der Waals surface area contributed by atoms with E-state index in [0.29, 0.717) is 0 Å². The highest BCUT2D eigenvalue weighted by molar-refractivity contribution is 5.68. The molecule has 4 nitrogen and oxygen atoms in total. The lowest BCUT2D eigenvalue weighted by molar-refractivity contribution is 0.0174. The topological polar surface area (TPSA) is 55.6 Å². The molecular weight excluding hydrogens is 240 g/mol. The summed E-state index contributed by atoms with van der Waals surface area (Å²) in [5, 5.41) is 0. The second-order valence-electron chi connectivity index (χ2n) is 7.04. The van der Waals surface area contributed by atoms with Crippen molar-refractivity contribution in [1.82, 2.24) is 4.90 Å². The highest BCUT2D eigenvalue weighted by Crippen LogP contribution is 2.49. The van der Waals surface area contributed by atoms with Crippen molar-refractivity contribution in [3.05, 3.63) is 0 Å². The molecule has 19 heavy (non-hydrogen) atoms. The first kappa shape index (κ1) is 14.6. The van der Waals surface area contributed by atoms with Crippen LogP contribution in [0.25, 0.3) is 0 Å². The Morgan fingerprint density at radius 3 is 2.47 bits per heavy atom. The molecule has 2 fully saturated rings. The zero-order chi connectivity index (χ0) is 14.0. The molecule has 0 aromatic heterocycles. The summed E-state index contributed by atoms with van der Waals surface area (Å²) in [5.74, 6) is 2.54. The van der Waals surface area contributed by atoms with Crippen LogP contribution in [0.1, 0.15) is 46.5 Å². The summed E-state index contributed by atoms with van der Waals surface area (Å²) < 4.78 is 5.42. The number of rotatable bonds is 3. The molecule has 0 unspecified atom stereocenters. The summed E-state index contributed by atoms with van der Waals surface area (Å²) in [6.45, 7) is 8.27. The van der Waals surface area contributed by atoms with Crippen LogP contribution in [0.15, 0.2) is 0 Å². The van der Waals surface area contributed by atoms with Gasteiger partial charge in [-0.05, 0) is 70.8 Å². The number of nitrogens with zero attached hydrogens (tertiary/aromatic N) is 1. The van der Waals surface area contributed by atoms with Crippen LogP contribution in [0, 0.1) is 17.8 Å². The highest BCUT2D eigenvalue weighted by Gasteiger charge is 2.43. The average Bonchev–Trinajstić information content (AvgIpc) is 3.07. The number of likely N-dealkylation sites (tertiary alicyclic amines) is 1. The maximum atomic E-state index is 12.0. The molecule has 2 N–H and O–H groups in total. The predicted molar refractivity (Wildman–Crippen MR) is 75.8 cm³/mol. The lowest BCUT2D eigenvalue weighted by Gasteiger charge is -2.33. The van der Waals surface area contributed by atoms with Crippen LogP contribution in [0.3, 0.4) is 0 Å². The maximum absolute atomic E-state index is 12.0. The van der Waals surface area contributed by atoms with Gasteiger partial charge in [0.2, 0.25) is 0 Å². The molecule has 1 saturated heterocycles. The first-order valence-corrected chi connectivity index (χ1v) is 7.58. The van der Waals surface area contributed by atoms with E-state index < -0.39 is 5.60 Å². The fraction of sp³-hybridized carbons (Fsp3) is 0.933. The summed E-state index contributed by atoms with van der Waals surface area (Å²) >= 11 is 0. The SMILES string of the molecule is CC(C)(C)OC(=O)N1CCC([C@@H]2C[C@H]2CCN)CC1. The third-order valence-electron chi connectivity index (χ3n) is 4.31. The Morgan fingerprint density at radius 2 is 1.95 bits per heavy atom. The first-order chi connectivity index (χ1) is 8.90. The minimum Gasteiger partial charge on any atom is -0.444 e. The van der Waals surface area contributed by atoms with Crippen LogP contribution in [0.2, 0.25) is 0 Å². The Kier molecular flexibility index (Phi) is 4.39. The standard InChI is InChI=1S/C15H28N2O2/c1-15(2,3)19-14(18)17-8-5-11(6-9-17)13-10-12(13)4-7-16/h11-13H,4-10,16H2,1-3H3/t12-,13+/m1/s1. The molecular formula is C15H28N2O2. The van der Waals surface area contributed by atoms with Crippen LogP contribution in [-0.2, 0) is 4.74 Å². The van der Waals surface area contributed by atoms with E-state index in [1.807, 2.05) is 25.7 Å². The molecule has 1 heterocycles. The third kappa shape index (κ3) is 4.10. The van der Waals surface area contributed by atoms with Crippen molar-refractivity contribution in [2.45, 2.75) is 52.1 Å². The van der Waals surface area contributed by atoms with Crippen molar-refractivity contribution in [3.63, 3.8) is 0 Å². The van der Waals surface area contributed by atoms with Crippen molar-refractivity contribution in [3.8, 4) is 0 Å². The summed E-state index contributed by atoms with van der Waals surface area (Å²) in [7, 11) is 0. The van der Waals surface area contributed by atoms with Crippen LogP contribution in [0.5, 0.6) is 0 Å². The molecule has 1 aliphatic carbocycles. The highest BCUT2D eigenvalue weighted by atomic mass is 16.6. The van der Waals surface area contributed by atoms with E-state index in [1.165, 1.54) is 12.8 Å². The van der Waals surface area contributed by atoms with Gasteiger partial charge in [0.15, 0.2) is 0 Å². The van der Waals surface area contributed by atoms with Gasteiger partial charge >= 0.3 is 6.09 Å². The van der Waals surface area contributed by atoms with E-state index >= 15 is 0 Å². The van der Waals surface area contributed by atoms with Crippen LogP contribution >= 0.6 is 0 Å². The number of nitrogens with two attached hydrogens (primary N) is 1. The van der Waals surface area contributed by atoms with Gasteiger partial charge in [-0.15, -0.1) is 0 Å². The lowest BCUT2D eigenvalue weighted by atomic mass is 9.90. The Morgan fingerprint density at radius 1 is 1.32 bits per heavy atom. The molecule has 0 bridgehead atoms. The number of piperidine rings is 1. The van der Waals surface area contributed by atoms with Crippen molar-refractivity contribution in [2.75, 3.05) is 19.6 Å². The van der Waals surface area contributed by atoms with Gasteiger partial charge in [0.1, 0.15) is 5.60 Å². The Hall–Kier alpha value is -0.770.